The topological polar surface area (TPSA) is 101 Å². The summed E-state index contributed by atoms with van der Waals surface area (Å²) in [4.78, 5) is 0. The Morgan fingerprint density at radius 3 is 3.00 bits per heavy atom. The van der Waals surface area contributed by atoms with Gasteiger partial charge >= 0.3 is 0 Å². The second-order valence-electron chi connectivity index (χ2n) is 3.22. The van der Waals surface area contributed by atoms with E-state index in [1.54, 1.807) is 6.33 Å². The summed E-state index contributed by atoms with van der Waals surface area (Å²) in [7, 11) is 1.86. The molecule has 1 heterocycles. The molecule has 1 aromatic heterocycles. The molecule has 4 N–H and O–H groups in total. The predicted molar refractivity (Wildman–Crippen MR) is 55.3 cm³/mol. The first-order chi connectivity index (χ1) is 7.19. The van der Waals surface area contributed by atoms with Crippen LogP contribution in [0.3, 0.4) is 0 Å². The highest BCUT2D eigenvalue weighted by Gasteiger charge is 2.11. The molecular weight excluding hydrogens is 196 g/mol. The minimum Gasteiger partial charge on any atom is -0.409 e. The van der Waals surface area contributed by atoms with Crippen molar-refractivity contribution in [2.24, 2.45) is 17.9 Å². The maximum Gasteiger partial charge on any atom is 0.156 e. The normalized spacial score (nSPS) is 14.1. The lowest BCUT2D eigenvalue weighted by Gasteiger charge is -2.14. The Balaban J connectivity index is 2.52. The van der Waals surface area contributed by atoms with Gasteiger partial charge in [-0.15, -0.1) is 10.2 Å². The Kier molecular flexibility index (Phi) is 4.04. The number of hydrogen-bond donors (Lipinski definition) is 3. The molecule has 0 saturated carbocycles. The Morgan fingerprint density at radius 2 is 2.53 bits per heavy atom. The Labute approximate surface area is 88.0 Å². The van der Waals surface area contributed by atoms with Crippen molar-refractivity contribution in [1.29, 1.82) is 0 Å². The number of nitrogens with zero attached hydrogens (tertiary/aromatic N) is 4. The summed E-state index contributed by atoms with van der Waals surface area (Å²) in [5, 5.41) is 22.3. The van der Waals surface area contributed by atoms with Crippen LogP contribution in [0.15, 0.2) is 11.5 Å². The van der Waals surface area contributed by atoms with Gasteiger partial charge in [-0.05, 0) is 6.42 Å². The van der Waals surface area contributed by atoms with Crippen molar-refractivity contribution < 1.29 is 5.21 Å². The number of oxime groups is 1. The molecule has 1 unspecified atom stereocenters. The van der Waals surface area contributed by atoms with Gasteiger partial charge in [0.15, 0.2) is 5.84 Å². The number of hydrogen-bond acceptors (Lipinski definition) is 5. The second kappa shape index (κ2) is 5.30. The molecule has 7 heteroatoms. The zero-order valence-corrected chi connectivity index (χ0v) is 8.88. The summed E-state index contributed by atoms with van der Waals surface area (Å²) in [6, 6.07) is -0.147. The molecule has 1 rings (SSSR count). The van der Waals surface area contributed by atoms with Crippen LogP contribution in [-0.2, 0) is 13.6 Å². The average Bonchev–Trinajstić information content (AvgIpc) is 2.65. The van der Waals surface area contributed by atoms with Crippen molar-refractivity contribution in [3.05, 3.63) is 12.2 Å². The monoisotopic (exact) mass is 212 g/mol. The molecule has 1 atom stereocenters. The molecule has 0 aliphatic heterocycles. The average molecular weight is 212 g/mol. The van der Waals surface area contributed by atoms with E-state index in [-0.39, 0.29) is 11.9 Å². The fourth-order valence-electron chi connectivity index (χ4n) is 1.21. The van der Waals surface area contributed by atoms with Gasteiger partial charge in [0.25, 0.3) is 0 Å². The quantitative estimate of drug-likeness (QED) is 0.262. The van der Waals surface area contributed by atoms with Crippen molar-refractivity contribution in [2.45, 2.75) is 25.9 Å². The number of amidine groups is 1. The number of aryl methyl sites for hydroxylation is 1. The maximum atomic E-state index is 8.54. The van der Waals surface area contributed by atoms with Crippen molar-refractivity contribution in [1.82, 2.24) is 20.1 Å². The van der Waals surface area contributed by atoms with Crippen molar-refractivity contribution in [2.75, 3.05) is 0 Å². The van der Waals surface area contributed by atoms with E-state index in [1.165, 1.54) is 0 Å². The van der Waals surface area contributed by atoms with Crippen molar-refractivity contribution >= 4 is 5.84 Å². The Bertz CT molecular complexity index is 334. The molecular formula is C8H16N6O. The minimum absolute atomic E-state index is 0.147. The van der Waals surface area contributed by atoms with Crippen LogP contribution in [0.5, 0.6) is 0 Å². The fourth-order valence-corrected chi connectivity index (χ4v) is 1.21. The van der Waals surface area contributed by atoms with E-state index in [4.69, 9.17) is 10.9 Å². The molecule has 0 radical (unpaired) electrons. The van der Waals surface area contributed by atoms with E-state index in [0.717, 1.165) is 12.2 Å². The summed E-state index contributed by atoms with van der Waals surface area (Å²) in [6.45, 7) is 2.48. The molecule has 0 fully saturated rings. The summed E-state index contributed by atoms with van der Waals surface area (Å²) >= 11 is 0. The van der Waals surface area contributed by atoms with E-state index < -0.39 is 0 Å². The first-order valence-electron chi connectivity index (χ1n) is 4.72. The molecule has 0 bridgehead atoms. The van der Waals surface area contributed by atoms with Crippen LogP contribution in [0.2, 0.25) is 0 Å². The van der Waals surface area contributed by atoms with E-state index in [9.17, 15) is 0 Å². The highest BCUT2D eigenvalue weighted by molar-refractivity contribution is 5.85. The zero-order valence-electron chi connectivity index (χ0n) is 8.88. The smallest absolute Gasteiger partial charge is 0.156 e. The minimum atomic E-state index is -0.147. The molecule has 0 aromatic carbocycles. The molecule has 15 heavy (non-hydrogen) atoms. The van der Waals surface area contributed by atoms with Crippen LogP contribution >= 0.6 is 0 Å². The predicted octanol–water partition coefficient (Wildman–Crippen LogP) is -0.570. The molecule has 0 aliphatic rings. The van der Waals surface area contributed by atoms with Gasteiger partial charge in [0, 0.05) is 7.05 Å². The zero-order chi connectivity index (χ0) is 11.3. The number of rotatable bonds is 5. The molecule has 7 nitrogen and oxygen atoms in total. The van der Waals surface area contributed by atoms with Gasteiger partial charge < -0.3 is 20.8 Å². The highest BCUT2D eigenvalue weighted by Crippen LogP contribution is 1.95. The number of nitrogens with one attached hydrogen (secondary N) is 1. The third kappa shape index (κ3) is 2.91. The van der Waals surface area contributed by atoms with Crippen molar-refractivity contribution in [3.63, 3.8) is 0 Å². The van der Waals surface area contributed by atoms with E-state index in [1.807, 2.05) is 18.5 Å². The lowest BCUT2D eigenvalue weighted by Crippen LogP contribution is -2.40. The molecule has 0 amide bonds. The summed E-state index contributed by atoms with van der Waals surface area (Å²) in [6.07, 6.45) is 2.37. The largest absolute Gasteiger partial charge is 0.409 e. The molecule has 84 valence electrons. The van der Waals surface area contributed by atoms with Gasteiger partial charge in [-0.3, -0.25) is 0 Å². The van der Waals surface area contributed by atoms with Gasteiger partial charge in [-0.1, -0.05) is 12.1 Å². The highest BCUT2D eigenvalue weighted by atomic mass is 16.4. The van der Waals surface area contributed by atoms with Crippen LogP contribution in [0, 0.1) is 0 Å². The van der Waals surface area contributed by atoms with E-state index >= 15 is 0 Å². The van der Waals surface area contributed by atoms with Gasteiger partial charge in [-0.2, -0.15) is 0 Å². The lowest BCUT2D eigenvalue weighted by atomic mass is 10.2. The lowest BCUT2D eigenvalue weighted by molar-refractivity contribution is 0.314. The summed E-state index contributed by atoms with van der Waals surface area (Å²) in [5.74, 6) is 0.985. The first-order valence-corrected chi connectivity index (χ1v) is 4.72. The van der Waals surface area contributed by atoms with Gasteiger partial charge in [0.2, 0.25) is 0 Å². The van der Waals surface area contributed by atoms with Crippen LogP contribution < -0.4 is 11.1 Å². The Morgan fingerprint density at radius 1 is 1.80 bits per heavy atom. The van der Waals surface area contributed by atoms with Gasteiger partial charge in [0.1, 0.15) is 12.2 Å². The third-order valence-corrected chi connectivity index (χ3v) is 2.19. The second-order valence-corrected chi connectivity index (χ2v) is 3.22. The summed E-state index contributed by atoms with van der Waals surface area (Å²) in [5.41, 5.74) is 5.50. The van der Waals surface area contributed by atoms with Crippen LogP contribution in [0.4, 0.5) is 0 Å². The SMILES string of the molecule is CCC(NCc1nncn1C)C(N)=NO. The molecule has 0 saturated heterocycles. The fraction of sp³-hybridized carbons (Fsp3) is 0.625. The molecule has 1 aromatic rings. The van der Waals surface area contributed by atoms with E-state index in [0.29, 0.717) is 6.54 Å². The molecule has 0 spiro atoms. The third-order valence-electron chi connectivity index (χ3n) is 2.19. The van der Waals surface area contributed by atoms with Crippen molar-refractivity contribution in [3.8, 4) is 0 Å². The summed E-state index contributed by atoms with van der Waals surface area (Å²) < 4.78 is 1.81. The first kappa shape index (κ1) is 11.4. The van der Waals surface area contributed by atoms with Crippen LogP contribution in [0.25, 0.3) is 0 Å². The molecule has 0 aliphatic carbocycles. The standard InChI is InChI=1S/C8H16N6O/c1-3-6(8(9)13-15)10-4-7-12-11-5-14(7)2/h5-6,10,15H,3-4H2,1-2H3,(H2,9,13). The van der Waals surface area contributed by atoms with Gasteiger partial charge in [-0.25, -0.2) is 0 Å². The maximum absolute atomic E-state index is 8.54. The van der Waals surface area contributed by atoms with Crippen LogP contribution in [-0.4, -0.2) is 31.8 Å². The Hall–Kier alpha value is -1.63. The number of nitrogens with two attached hydrogens (primary N) is 1. The van der Waals surface area contributed by atoms with E-state index in [2.05, 4.69) is 20.7 Å². The van der Waals surface area contributed by atoms with Crippen LogP contribution in [0.1, 0.15) is 19.2 Å². The van der Waals surface area contributed by atoms with Gasteiger partial charge in [0.05, 0.1) is 12.6 Å². The number of aromatic nitrogens is 3.